The lowest BCUT2D eigenvalue weighted by atomic mass is 10.2. The molecule has 2 rings (SSSR count). The number of aromatic hydroxyl groups is 1. The minimum absolute atomic E-state index is 0.0297. The van der Waals surface area contributed by atoms with Crippen molar-refractivity contribution in [1.82, 2.24) is 10.2 Å². The standard InChI is InChI=1S/C15H17ClN2O2S/c1-18(2)12(14-4-3-7-21-14)9-17-15(20)10-5-6-13(19)11(16)8-10/h3-8,12,19H,9H2,1-2H3,(H,17,20). The lowest BCUT2D eigenvalue weighted by molar-refractivity contribution is 0.0942. The van der Waals surface area contributed by atoms with E-state index in [0.29, 0.717) is 12.1 Å². The van der Waals surface area contributed by atoms with E-state index in [9.17, 15) is 9.90 Å². The van der Waals surface area contributed by atoms with Gasteiger partial charge in [-0.15, -0.1) is 11.3 Å². The highest BCUT2D eigenvalue weighted by molar-refractivity contribution is 7.10. The maximum absolute atomic E-state index is 12.1. The SMILES string of the molecule is CN(C)C(CNC(=O)c1ccc(O)c(Cl)c1)c1cccs1. The molecule has 1 aromatic carbocycles. The highest BCUT2D eigenvalue weighted by Crippen LogP contribution is 2.24. The van der Waals surface area contributed by atoms with Gasteiger partial charge in [0, 0.05) is 17.0 Å². The molecule has 0 radical (unpaired) electrons. The van der Waals surface area contributed by atoms with Gasteiger partial charge in [-0.3, -0.25) is 4.79 Å². The van der Waals surface area contributed by atoms with Crippen LogP contribution in [0.15, 0.2) is 35.7 Å². The summed E-state index contributed by atoms with van der Waals surface area (Å²) < 4.78 is 0. The topological polar surface area (TPSA) is 52.6 Å². The van der Waals surface area contributed by atoms with E-state index < -0.39 is 0 Å². The number of nitrogens with one attached hydrogen (secondary N) is 1. The van der Waals surface area contributed by atoms with Crippen LogP contribution >= 0.6 is 22.9 Å². The van der Waals surface area contributed by atoms with Gasteiger partial charge >= 0.3 is 0 Å². The normalized spacial score (nSPS) is 12.4. The number of carbonyl (C=O) groups excluding carboxylic acids is 1. The first-order valence-corrected chi connectivity index (χ1v) is 7.71. The van der Waals surface area contributed by atoms with E-state index in [1.54, 1.807) is 17.4 Å². The van der Waals surface area contributed by atoms with Crippen LogP contribution in [-0.2, 0) is 0 Å². The summed E-state index contributed by atoms with van der Waals surface area (Å²) in [6, 6.07) is 8.60. The number of phenols is 1. The van der Waals surface area contributed by atoms with Crippen molar-refractivity contribution >= 4 is 28.8 Å². The fourth-order valence-corrected chi connectivity index (χ4v) is 3.06. The van der Waals surface area contributed by atoms with Gasteiger partial charge in [0.05, 0.1) is 11.1 Å². The summed E-state index contributed by atoms with van der Waals surface area (Å²) in [4.78, 5) is 15.4. The molecule has 1 heterocycles. The average molecular weight is 325 g/mol. The van der Waals surface area contributed by atoms with Gasteiger partial charge < -0.3 is 15.3 Å². The van der Waals surface area contributed by atoms with Crippen molar-refractivity contribution < 1.29 is 9.90 Å². The Labute approximate surface area is 133 Å². The Morgan fingerprint density at radius 2 is 2.19 bits per heavy atom. The maximum Gasteiger partial charge on any atom is 0.251 e. The molecule has 0 aliphatic rings. The van der Waals surface area contributed by atoms with E-state index in [4.69, 9.17) is 11.6 Å². The van der Waals surface area contributed by atoms with E-state index in [1.165, 1.54) is 17.0 Å². The van der Waals surface area contributed by atoms with Crippen LogP contribution in [-0.4, -0.2) is 36.6 Å². The summed E-state index contributed by atoms with van der Waals surface area (Å²) >= 11 is 7.48. The molecule has 0 bridgehead atoms. The van der Waals surface area contributed by atoms with Crippen molar-refractivity contribution in [2.24, 2.45) is 0 Å². The second kappa shape index (κ2) is 6.93. The van der Waals surface area contributed by atoms with Crippen LogP contribution in [0.1, 0.15) is 21.3 Å². The third-order valence-electron chi connectivity index (χ3n) is 3.16. The molecule has 0 aliphatic heterocycles. The molecule has 21 heavy (non-hydrogen) atoms. The Morgan fingerprint density at radius 1 is 1.43 bits per heavy atom. The first kappa shape index (κ1) is 15.8. The number of halogens is 1. The Bertz CT molecular complexity index is 614. The molecule has 0 spiro atoms. The number of rotatable bonds is 5. The van der Waals surface area contributed by atoms with Crippen molar-refractivity contribution in [3.8, 4) is 5.75 Å². The number of amides is 1. The maximum atomic E-state index is 12.1. The highest BCUT2D eigenvalue weighted by atomic mass is 35.5. The number of phenolic OH excluding ortho intramolecular Hbond substituents is 1. The first-order chi connectivity index (χ1) is 9.99. The van der Waals surface area contributed by atoms with Crippen LogP contribution in [0, 0.1) is 0 Å². The molecule has 6 heteroatoms. The van der Waals surface area contributed by atoms with Gasteiger partial charge in [-0.2, -0.15) is 0 Å². The largest absolute Gasteiger partial charge is 0.506 e. The third-order valence-corrected chi connectivity index (χ3v) is 4.44. The van der Waals surface area contributed by atoms with E-state index in [2.05, 4.69) is 16.3 Å². The van der Waals surface area contributed by atoms with Crippen molar-refractivity contribution in [3.05, 3.63) is 51.2 Å². The zero-order valence-electron chi connectivity index (χ0n) is 11.8. The summed E-state index contributed by atoms with van der Waals surface area (Å²) in [7, 11) is 3.96. The van der Waals surface area contributed by atoms with E-state index in [0.717, 1.165) is 0 Å². The summed E-state index contributed by atoms with van der Waals surface area (Å²) in [6.07, 6.45) is 0. The lowest BCUT2D eigenvalue weighted by Gasteiger charge is -2.23. The quantitative estimate of drug-likeness (QED) is 0.888. The molecule has 1 aromatic heterocycles. The Balaban J connectivity index is 2.03. The molecule has 1 amide bonds. The minimum Gasteiger partial charge on any atom is -0.506 e. The van der Waals surface area contributed by atoms with Crippen LogP contribution in [0.25, 0.3) is 0 Å². The fourth-order valence-electron chi connectivity index (χ4n) is 1.96. The molecule has 2 N–H and O–H groups in total. The summed E-state index contributed by atoms with van der Waals surface area (Å²) in [5.74, 6) is -0.238. The molecule has 0 fully saturated rings. The number of nitrogens with zero attached hydrogens (tertiary/aromatic N) is 1. The van der Waals surface area contributed by atoms with Crippen LogP contribution in [0.5, 0.6) is 5.75 Å². The van der Waals surface area contributed by atoms with Gasteiger partial charge in [-0.05, 0) is 43.7 Å². The van der Waals surface area contributed by atoms with Crippen molar-refractivity contribution in [2.75, 3.05) is 20.6 Å². The number of benzene rings is 1. The van der Waals surface area contributed by atoms with Crippen LogP contribution < -0.4 is 5.32 Å². The smallest absolute Gasteiger partial charge is 0.251 e. The molecule has 0 saturated carbocycles. The first-order valence-electron chi connectivity index (χ1n) is 6.45. The van der Waals surface area contributed by atoms with E-state index in [-0.39, 0.29) is 22.7 Å². The second-order valence-corrected chi connectivity index (χ2v) is 6.26. The molecule has 0 saturated heterocycles. The lowest BCUT2D eigenvalue weighted by Crippen LogP contribution is -2.34. The van der Waals surface area contributed by atoms with E-state index in [1.807, 2.05) is 25.5 Å². The molecular weight excluding hydrogens is 308 g/mol. The van der Waals surface area contributed by atoms with Gasteiger partial charge in [-0.25, -0.2) is 0 Å². The predicted octanol–water partition coefficient (Wildman–Crippen LogP) is 3.14. The molecule has 1 atom stereocenters. The van der Waals surface area contributed by atoms with Gasteiger partial charge in [-0.1, -0.05) is 17.7 Å². The number of hydrogen-bond acceptors (Lipinski definition) is 4. The average Bonchev–Trinajstić information content (AvgIpc) is 2.95. The number of carbonyl (C=O) groups is 1. The Kier molecular flexibility index (Phi) is 5.22. The highest BCUT2D eigenvalue weighted by Gasteiger charge is 2.17. The van der Waals surface area contributed by atoms with Crippen LogP contribution in [0.2, 0.25) is 5.02 Å². The van der Waals surface area contributed by atoms with Crippen molar-refractivity contribution in [2.45, 2.75) is 6.04 Å². The molecule has 1 unspecified atom stereocenters. The molecule has 2 aromatic rings. The van der Waals surface area contributed by atoms with Gasteiger partial charge in [0.25, 0.3) is 5.91 Å². The minimum atomic E-state index is -0.208. The molecule has 4 nitrogen and oxygen atoms in total. The molecular formula is C15H17ClN2O2S. The van der Waals surface area contributed by atoms with Crippen molar-refractivity contribution in [1.29, 1.82) is 0 Å². The van der Waals surface area contributed by atoms with E-state index >= 15 is 0 Å². The zero-order chi connectivity index (χ0) is 15.4. The number of likely N-dealkylation sites (N-methyl/N-ethyl adjacent to an activating group) is 1. The number of thiophene rings is 1. The summed E-state index contributed by atoms with van der Waals surface area (Å²) in [5, 5.41) is 14.5. The van der Waals surface area contributed by atoms with Crippen molar-refractivity contribution in [3.63, 3.8) is 0 Å². The molecule has 112 valence electrons. The molecule has 0 aliphatic carbocycles. The van der Waals surface area contributed by atoms with Gasteiger partial charge in [0.15, 0.2) is 0 Å². The Morgan fingerprint density at radius 3 is 2.76 bits per heavy atom. The predicted molar refractivity (Wildman–Crippen MR) is 86.2 cm³/mol. The van der Waals surface area contributed by atoms with Crippen LogP contribution in [0.3, 0.4) is 0 Å². The van der Waals surface area contributed by atoms with Gasteiger partial charge in [0.1, 0.15) is 5.75 Å². The van der Waals surface area contributed by atoms with Gasteiger partial charge in [0.2, 0.25) is 0 Å². The van der Waals surface area contributed by atoms with Crippen LogP contribution in [0.4, 0.5) is 0 Å². The summed E-state index contributed by atoms with van der Waals surface area (Å²) in [6.45, 7) is 0.505. The monoisotopic (exact) mass is 324 g/mol. The second-order valence-electron chi connectivity index (χ2n) is 4.87. The zero-order valence-corrected chi connectivity index (χ0v) is 13.4. The Hall–Kier alpha value is -1.56. The summed E-state index contributed by atoms with van der Waals surface area (Å²) in [5.41, 5.74) is 0.432. The third kappa shape index (κ3) is 3.97. The number of hydrogen-bond donors (Lipinski definition) is 2. The fraction of sp³-hybridized carbons (Fsp3) is 0.267.